The number of ketones is 1. The molecule has 13 heavy (non-hydrogen) atoms. The summed E-state index contributed by atoms with van der Waals surface area (Å²) in [5, 5.41) is 42.8. The van der Waals surface area contributed by atoms with Gasteiger partial charge in [0.1, 0.15) is 12.2 Å². The maximum atomic E-state index is 10.5. The van der Waals surface area contributed by atoms with Crippen molar-refractivity contribution in [2.24, 2.45) is 0 Å². The van der Waals surface area contributed by atoms with Gasteiger partial charge >= 0.3 is 5.97 Å². The zero-order valence-corrected chi connectivity index (χ0v) is 6.49. The minimum atomic E-state index is -2.24. The molecule has 0 fully saturated rings. The molecule has 0 aromatic rings. The van der Waals surface area contributed by atoms with Crippen LogP contribution in [0.1, 0.15) is 0 Å². The van der Waals surface area contributed by atoms with Gasteiger partial charge in [0.15, 0.2) is 6.10 Å². The van der Waals surface area contributed by atoms with Crippen LogP contribution in [0.4, 0.5) is 0 Å². The van der Waals surface area contributed by atoms with Gasteiger partial charge in [0.25, 0.3) is 5.78 Å². The molecule has 0 heterocycles. The lowest BCUT2D eigenvalue weighted by Crippen LogP contribution is -2.46. The third-order valence-electron chi connectivity index (χ3n) is 1.38. The number of carbonyl (C=O) groups excluding carboxylic acids is 1. The van der Waals surface area contributed by atoms with Crippen molar-refractivity contribution in [1.82, 2.24) is 0 Å². The first kappa shape index (κ1) is 12.0. The molecular weight excluding hydrogens is 184 g/mol. The highest BCUT2D eigenvalue weighted by Gasteiger charge is 2.33. The van der Waals surface area contributed by atoms with Crippen molar-refractivity contribution in [2.75, 3.05) is 6.61 Å². The minimum absolute atomic E-state index is 0.884. The van der Waals surface area contributed by atoms with E-state index >= 15 is 0 Å². The summed E-state index contributed by atoms with van der Waals surface area (Å²) in [6, 6.07) is 0. The van der Waals surface area contributed by atoms with Crippen molar-refractivity contribution in [3.8, 4) is 0 Å². The number of carboxylic acids is 1. The molecule has 0 rings (SSSR count). The van der Waals surface area contributed by atoms with Gasteiger partial charge in [-0.25, -0.2) is 4.79 Å². The Kier molecular flexibility index (Phi) is 4.49. The van der Waals surface area contributed by atoms with E-state index in [2.05, 4.69) is 0 Å². The predicted octanol–water partition coefficient (Wildman–Crippen LogP) is -3.28. The highest BCUT2D eigenvalue weighted by atomic mass is 16.4. The van der Waals surface area contributed by atoms with Gasteiger partial charge in [-0.1, -0.05) is 0 Å². The number of hydrogen-bond acceptors (Lipinski definition) is 6. The van der Waals surface area contributed by atoms with Crippen LogP contribution in [0, 0.1) is 0 Å². The summed E-state index contributed by atoms with van der Waals surface area (Å²) in [7, 11) is 0. The fourth-order valence-electron chi connectivity index (χ4n) is 0.600. The Morgan fingerprint density at radius 3 is 1.92 bits per heavy atom. The normalized spacial score (nSPS) is 17.5. The number of Topliss-reactive ketones (excluding diaryl/α,β-unsaturated/α-hetero) is 1. The molecule has 7 heteroatoms. The monoisotopic (exact) mass is 194 g/mol. The van der Waals surface area contributed by atoms with Gasteiger partial charge in [-0.2, -0.15) is 0 Å². The molecule has 0 saturated heterocycles. The summed E-state index contributed by atoms with van der Waals surface area (Å²) in [5.74, 6) is -3.56. The van der Waals surface area contributed by atoms with Crippen LogP contribution in [0.15, 0.2) is 0 Å². The molecule has 7 nitrogen and oxygen atoms in total. The van der Waals surface area contributed by atoms with E-state index in [0.717, 1.165) is 0 Å². The average molecular weight is 194 g/mol. The summed E-state index contributed by atoms with van der Waals surface area (Å²) in [6.45, 7) is -0.884. The first-order valence-electron chi connectivity index (χ1n) is 3.34. The lowest BCUT2D eigenvalue weighted by molar-refractivity contribution is -0.159. The Morgan fingerprint density at radius 2 is 1.62 bits per heavy atom. The fraction of sp³-hybridized carbons (Fsp3) is 0.667. The Labute approximate surface area is 72.9 Å². The number of carboxylic acid groups (broad SMARTS) is 1. The zero-order chi connectivity index (χ0) is 10.6. The van der Waals surface area contributed by atoms with E-state index in [-0.39, 0.29) is 0 Å². The van der Waals surface area contributed by atoms with Gasteiger partial charge in [-0.05, 0) is 0 Å². The molecule has 0 radical (unpaired) electrons. The van der Waals surface area contributed by atoms with E-state index in [1.165, 1.54) is 0 Å². The van der Waals surface area contributed by atoms with Crippen molar-refractivity contribution in [2.45, 2.75) is 18.3 Å². The molecule has 3 atom stereocenters. The standard InChI is InChI=1S/C6H10O7/c7-1-2(8)3(9)4(10)5(11)6(12)13/h2-4,7-10H,1H2,(H,12,13)/t2-,3-,4?/m1/s1. The highest BCUT2D eigenvalue weighted by Crippen LogP contribution is 2.01. The molecule has 76 valence electrons. The van der Waals surface area contributed by atoms with Crippen LogP contribution in [-0.2, 0) is 9.59 Å². The third kappa shape index (κ3) is 3.07. The molecule has 0 aromatic carbocycles. The number of rotatable bonds is 5. The van der Waals surface area contributed by atoms with Crippen LogP contribution < -0.4 is 0 Å². The Morgan fingerprint density at radius 1 is 1.15 bits per heavy atom. The molecule has 0 saturated carbocycles. The zero-order valence-electron chi connectivity index (χ0n) is 6.49. The quantitative estimate of drug-likeness (QED) is 0.289. The lowest BCUT2D eigenvalue weighted by Gasteiger charge is -2.18. The van der Waals surface area contributed by atoms with Gasteiger partial charge in [-0.3, -0.25) is 4.79 Å². The topological polar surface area (TPSA) is 135 Å². The van der Waals surface area contributed by atoms with Crippen molar-refractivity contribution in [3.63, 3.8) is 0 Å². The summed E-state index contributed by atoms with van der Waals surface area (Å²) in [4.78, 5) is 20.5. The molecular formula is C6H10O7. The molecule has 0 aliphatic carbocycles. The number of aliphatic hydroxyl groups excluding tert-OH is 4. The summed E-state index contributed by atoms with van der Waals surface area (Å²) in [5.41, 5.74) is 0. The minimum Gasteiger partial charge on any atom is -0.475 e. The van der Waals surface area contributed by atoms with Crippen molar-refractivity contribution in [3.05, 3.63) is 0 Å². The van der Waals surface area contributed by atoms with Crippen LogP contribution in [0.2, 0.25) is 0 Å². The van der Waals surface area contributed by atoms with Crippen molar-refractivity contribution in [1.29, 1.82) is 0 Å². The van der Waals surface area contributed by atoms with Crippen LogP contribution >= 0.6 is 0 Å². The molecule has 0 aliphatic rings. The van der Waals surface area contributed by atoms with Crippen molar-refractivity contribution >= 4 is 11.8 Å². The molecule has 0 aromatic heterocycles. The highest BCUT2D eigenvalue weighted by molar-refractivity contribution is 6.34. The van der Waals surface area contributed by atoms with Gasteiger partial charge in [-0.15, -0.1) is 0 Å². The van der Waals surface area contributed by atoms with Gasteiger partial charge in [0.05, 0.1) is 6.61 Å². The Hall–Kier alpha value is -1.02. The van der Waals surface area contributed by atoms with E-state index in [1.54, 1.807) is 0 Å². The summed E-state index contributed by atoms with van der Waals surface area (Å²) in [6.07, 6.45) is -5.99. The summed E-state index contributed by atoms with van der Waals surface area (Å²) >= 11 is 0. The van der Waals surface area contributed by atoms with Gasteiger partial charge < -0.3 is 25.5 Å². The van der Waals surface area contributed by atoms with Crippen LogP contribution in [0.3, 0.4) is 0 Å². The molecule has 1 unspecified atom stereocenters. The SMILES string of the molecule is O=C(O)C(=O)C(O)[C@H](O)[C@H](O)CO. The second-order valence-electron chi connectivity index (χ2n) is 2.35. The average Bonchev–Trinajstić information content (AvgIpc) is 2.12. The molecule has 5 N–H and O–H groups in total. The lowest BCUT2D eigenvalue weighted by atomic mass is 10.1. The second kappa shape index (κ2) is 4.87. The smallest absolute Gasteiger partial charge is 0.375 e. The third-order valence-corrected chi connectivity index (χ3v) is 1.38. The molecule has 0 bridgehead atoms. The van der Waals surface area contributed by atoms with E-state index in [4.69, 9.17) is 25.5 Å². The number of carbonyl (C=O) groups is 2. The van der Waals surface area contributed by atoms with E-state index < -0.39 is 36.7 Å². The number of aliphatic hydroxyl groups is 4. The van der Waals surface area contributed by atoms with Crippen LogP contribution in [0.25, 0.3) is 0 Å². The summed E-state index contributed by atoms with van der Waals surface area (Å²) < 4.78 is 0. The molecule has 0 aliphatic heterocycles. The molecule has 0 spiro atoms. The Bertz CT molecular complexity index is 201. The number of aliphatic carboxylic acids is 1. The van der Waals surface area contributed by atoms with E-state index in [9.17, 15) is 9.59 Å². The molecule has 0 amide bonds. The van der Waals surface area contributed by atoms with Crippen molar-refractivity contribution < 1.29 is 35.1 Å². The maximum Gasteiger partial charge on any atom is 0.375 e. The second-order valence-corrected chi connectivity index (χ2v) is 2.35. The first-order chi connectivity index (χ1) is 5.91. The van der Waals surface area contributed by atoms with Gasteiger partial charge in [0.2, 0.25) is 0 Å². The van der Waals surface area contributed by atoms with Crippen LogP contribution in [-0.4, -0.2) is 62.2 Å². The predicted molar refractivity (Wildman–Crippen MR) is 37.7 cm³/mol. The maximum absolute atomic E-state index is 10.5. The first-order valence-corrected chi connectivity index (χ1v) is 3.34. The largest absolute Gasteiger partial charge is 0.475 e. The fourth-order valence-corrected chi connectivity index (χ4v) is 0.600. The Balaban J connectivity index is 4.33. The van der Waals surface area contributed by atoms with E-state index in [0.29, 0.717) is 0 Å². The van der Waals surface area contributed by atoms with E-state index in [1.807, 2.05) is 0 Å². The number of hydrogen-bond donors (Lipinski definition) is 5. The van der Waals surface area contributed by atoms with Crippen LogP contribution in [0.5, 0.6) is 0 Å². The van der Waals surface area contributed by atoms with Gasteiger partial charge in [0, 0.05) is 0 Å².